The van der Waals surface area contributed by atoms with Crippen LogP contribution in [0.5, 0.6) is 0 Å². The molecule has 0 fully saturated rings. The number of nitrogens with two attached hydrogens (primary N) is 1. The Kier molecular flexibility index (Phi) is 4.75. The van der Waals surface area contributed by atoms with E-state index in [1.54, 1.807) is 0 Å². The second kappa shape index (κ2) is 6.88. The molecule has 0 saturated heterocycles. The fourth-order valence-electron chi connectivity index (χ4n) is 2.35. The van der Waals surface area contributed by atoms with Crippen LogP contribution in [0.15, 0.2) is 47.8 Å². The standard InChI is InChI=1S/C17H11F4N3O2S/c18-13-5-4-10(22)7-12(13)14-8-27-15(23-14)24(16(25)26)11-3-1-2-9(6-11)17(19,20)21/h1-8H,22H2,(H,25,26). The number of thiazole rings is 1. The summed E-state index contributed by atoms with van der Waals surface area (Å²) in [6, 6.07) is 7.69. The average molecular weight is 397 g/mol. The first-order valence-electron chi connectivity index (χ1n) is 7.38. The van der Waals surface area contributed by atoms with E-state index in [0.29, 0.717) is 11.0 Å². The zero-order valence-electron chi connectivity index (χ0n) is 13.4. The molecule has 1 heterocycles. The second-order valence-corrected chi connectivity index (χ2v) is 6.26. The minimum atomic E-state index is -4.63. The highest BCUT2D eigenvalue weighted by molar-refractivity contribution is 7.14. The molecule has 0 unspecified atom stereocenters. The lowest BCUT2D eigenvalue weighted by atomic mass is 10.1. The molecular weight excluding hydrogens is 386 g/mol. The molecule has 2 aromatic carbocycles. The topological polar surface area (TPSA) is 79.5 Å². The van der Waals surface area contributed by atoms with E-state index in [1.807, 2.05) is 0 Å². The molecule has 0 bridgehead atoms. The number of alkyl halides is 3. The van der Waals surface area contributed by atoms with Gasteiger partial charge in [-0.2, -0.15) is 13.2 Å². The van der Waals surface area contributed by atoms with E-state index in [2.05, 4.69) is 4.98 Å². The minimum Gasteiger partial charge on any atom is -0.464 e. The van der Waals surface area contributed by atoms with Gasteiger partial charge in [-0.1, -0.05) is 6.07 Å². The Morgan fingerprint density at radius 2 is 1.93 bits per heavy atom. The van der Waals surface area contributed by atoms with E-state index < -0.39 is 23.7 Å². The van der Waals surface area contributed by atoms with Gasteiger partial charge in [0.15, 0.2) is 5.13 Å². The van der Waals surface area contributed by atoms with Crippen molar-refractivity contribution >= 4 is 33.9 Å². The first-order valence-corrected chi connectivity index (χ1v) is 8.26. The Hall–Kier alpha value is -3.14. The smallest absolute Gasteiger partial charge is 0.418 e. The van der Waals surface area contributed by atoms with E-state index in [-0.39, 0.29) is 27.8 Å². The van der Waals surface area contributed by atoms with Crippen molar-refractivity contribution in [3.63, 3.8) is 0 Å². The highest BCUT2D eigenvalue weighted by Gasteiger charge is 2.32. The zero-order valence-corrected chi connectivity index (χ0v) is 14.2. The van der Waals surface area contributed by atoms with Gasteiger partial charge in [-0.25, -0.2) is 19.1 Å². The van der Waals surface area contributed by atoms with E-state index in [1.165, 1.54) is 23.6 Å². The van der Waals surface area contributed by atoms with Gasteiger partial charge in [0.25, 0.3) is 0 Å². The van der Waals surface area contributed by atoms with Crippen molar-refractivity contribution in [1.82, 2.24) is 4.98 Å². The molecule has 10 heteroatoms. The lowest BCUT2D eigenvalue weighted by molar-refractivity contribution is -0.137. The molecule has 3 N–H and O–H groups in total. The van der Waals surface area contributed by atoms with Gasteiger partial charge >= 0.3 is 12.3 Å². The number of anilines is 3. The maximum absolute atomic E-state index is 14.0. The third-order valence-corrected chi connectivity index (χ3v) is 4.40. The Balaban J connectivity index is 2.04. The first-order chi connectivity index (χ1) is 12.7. The second-order valence-electron chi connectivity index (χ2n) is 5.42. The Morgan fingerprint density at radius 3 is 2.59 bits per heavy atom. The summed E-state index contributed by atoms with van der Waals surface area (Å²) >= 11 is 0.849. The molecule has 0 aliphatic carbocycles. The van der Waals surface area contributed by atoms with Crippen molar-refractivity contribution < 1.29 is 27.5 Å². The molecule has 3 rings (SSSR count). The Morgan fingerprint density at radius 1 is 1.19 bits per heavy atom. The molecule has 3 aromatic rings. The first kappa shape index (κ1) is 18.6. The normalized spacial score (nSPS) is 11.4. The summed E-state index contributed by atoms with van der Waals surface area (Å²) in [6.07, 6.45) is -6.15. The number of rotatable bonds is 3. The Labute approximate surface area is 154 Å². The highest BCUT2D eigenvalue weighted by Crippen LogP contribution is 2.36. The maximum atomic E-state index is 14.0. The van der Waals surface area contributed by atoms with Crippen LogP contribution in [0.25, 0.3) is 11.3 Å². The monoisotopic (exact) mass is 397 g/mol. The van der Waals surface area contributed by atoms with Gasteiger partial charge < -0.3 is 10.8 Å². The molecule has 1 aromatic heterocycles. The molecule has 0 aliphatic rings. The van der Waals surface area contributed by atoms with Crippen LogP contribution < -0.4 is 10.6 Å². The molecule has 27 heavy (non-hydrogen) atoms. The quantitative estimate of drug-likeness (QED) is 0.460. The van der Waals surface area contributed by atoms with Crippen molar-refractivity contribution in [2.75, 3.05) is 10.6 Å². The Bertz CT molecular complexity index is 1000. The van der Waals surface area contributed by atoms with Crippen LogP contribution in [0.1, 0.15) is 5.56 Å². The van der Waals surface area contributed by atoms with Gasteiger partial charge in [-0.3, -0.25) is 0 Å². The fraction of sp³-hybridized carbons (Fsp3) is 0.0588. The van der Waals surface area contributed by atoms with Gasteiger partial charge in [0.1, 0.15) is 5.82 Å². The SMILES string of the molecule is Nc1ccc(F)c(-c2csc(N(C(=O)O)c3cccc(C(F)(F)F)c3)n2)c1. The van der Waals surface area contributed by atoms with Crippen LogP contribution >= 0.6 is 11.3 Å². The van der Waals surface area contributed by atoms with Gasteiger partial charge in [-0.05, 0) is 36.4 Å². The van der Waals surface area contributed by atoms with Crippen LogP contribution in [0.2, 0.25) is 0 Å². The lowest BCUT2D eigenvalue weighted by Gasteiger charge is -2.17. The van der Waals surface area contributed by atoms with Gasteiger partial charge in [0.2, 0.25) is 0 Å². The number of hydrogen-bond acceptors (Lipinski definition) is 4. The maximum Gasteiger partial charge on any atom is 0.418 e. The number of amides is 1. The van der Waals surface area contributed by atoms with E-state index in [4.69, 9.17) is 5.73 Å². The summed E-state index contributed by atoms with van der Waals surface area (Å²) in [5.41, 5.74) is 4.87. The highest BCUT2D eigenvalue weighted by atomic mass is 32.1. The van der Waals surface area contributed by atoms with Crippen molar-refractivity contribution in [1.29, 1.82) is 0 Å². The fourth-order valence-corrected chi connectivity index (χ4v) is 3.19. The van der Waals surface area contributed by atoms with Crippen LogP contribution in [-0.4, -0.2) is 16.2 Å². The molecule has 0 radical (unpaired) electrons. The van der Waals surface area contributed by atoms with Crippen molar-refractivity contribution in [3.8, 4) is 11.3 Å². The summed E-state index contributed by atoms with van der Waals surface area (Å²) in [6.45, 7) is 0. The number of carbonyl (C=O) groups is 1. The molecule has 0 spiro atoms. The summed E-state index contributed by atoms with van der Waals surface area (Å²) in [5.74, 6) is -0.609. The number of nitrogens with zero attached hydrogens (tertiary/aromatic N) is 2. The minimum absolute atomic E-state index is 0.0619. The molecule has 5 nitrogen and oxygen atoms in total. The number of benzene rings is 2. The number of nitrogen functional groups attached to an aromatic ring is 1. The molecule has 1 amide bonds. The molecule has 0 saturated carbocycles. The van der Waals surface area contributed by atoms with Crippen molar-refractivity contribution in [2.24, 2.45) is 0 Å². The average Bonchev–Trinajstić information content (AvgIpc) is 3.05. The third-order valence-electron chi connectivity index (χ3n) is 3.57. The predicted molar refractivity (Wildman–Crippen MR) is 93.5 cm³/mol. The molecule has 140 valence electrons. The predicted octanol–water partition coefficient (Wildman–Crippen LogP) is 5.37. The van der Waals surface area contributed by atoms with Crippen LogP contribution in [0, 0.1) is 5.82 Å². The molecule has 0 aliphatic heterocycles. The number of carboxylic acid groups (broad SMARTS) is 1. The van der Waals surface area contributed by atoms with Crippen molar-refractivity contribution in [3.05, 3.63) is 59.2 Å². The zero-order chi connectivity index (χ0) is 19.8. The van der Waals surface area contributed by atoms with Gasteiger partial charge in [0, 0.05) is 16.6 Å². The van der Waals surface area contributed by atoms with Gasteiger partial charge in [0.05, 0.1) is 16.9 Å². The van der Waals surface area contributed by atoms with Crippen LogP contribution in [0.4, 0.5) is 38.9 Å². The summed E-state index contributed by atoms with van der Waals surface area (Å²) in [7, 11) is 0. The lowest BCUT2D eigenvalue weighted by Crippen LogP contribution is -2.24. The summed E-state index contributed by atoms with van der Waals surface area (Å²) in [4.78, 5) is 16.3. The summed E-state index contributed by atoms with van der Waals surface area (Å²) < 4.78 is 52.7. The largest absolute Gasteiger partial charge is 0.464 e. The van der Waals surface area contributed by atoms with E-state index in [9.17, 15) is 27.5 Å². The number of hydrogen-bond donors (Lipinski definition) is 2. The van der Waals surface area contributed by atoms with Gasteiger partial charge in [-0.15, -0.1) is 11.3 Å². The molecular formula is C17H11F4N3O2S. The van der Waals surface area contributed by atoms with Crippen LogP contribution in [0.3, 0.4) is 0 Å². The van der Waals surface area contributed by atoms with E-state index >= 15 is 0 Å². The number of halogens is 4. The third kappa shape index (κ3) is 3.85. The van der Waals surface area contributed by atoms with E-state index in [0.717, 1.165) is 29.5 Å². The van der Waals surface area contributed by atoms with Crippen LogP contribution in [-0.2, 0) is 6.18 Å². The number of aromatic nitrogens is 1. The molecule has 0 atom stereocenters. The van der Waals surface area contributed by atoms with Crippen molar-refractivity contribution in [2.45, 2.75) is 6.18 Å². The summed E-state index contributed by atoms with van der Waals surface area (Å²) in [5, 5.41) is 10.7.